The normalized spacial score (nSPS) is 9.13. The zero-order valence-corrected chi connectivity index (χ0v) is 10.1. The minimum Gasteiger partial charge on any atom is -0.398 e. The van der Waals surface area contributed by atoms with Gasteiger partial charge in [0.05, 0.1) is 5.02 Å². The van der Waals surface area contributed by atoms with Crippen molar-refractivity contribution in [2.75, 3.05) is 11.5 Å². The molecule has 0 spiro atoms. The molecule has 2 aromatic rings. The fourth-order valence-corrected chi connectivity index (χ4v) is 1.69. The highest BCUT2D eigenvalue weighted by molar-refractivity contribution is 6.37. The molecule has 0 bridgehead atoms. The van der Waals surface area contributed by atoms with E-state index in [4.69, 9.17) is 23.1 Å². The maximum absolute atomic E-state index is 6.00. The summed E-state index contributed by atoms with van der Waals surface area (Å²) in [5.74, 6) is 0. The van der Waals surface area contributed by atoms with Gasteiger partial charge in [0.25, 0.3) is 0 Å². The average Bonchev–Trinajstić information content (AvgIpc) is 2.12. The van der Waals surface area contributed by atoms with Gasteiger partial charge in [-0.1, -0.05) is 23.7 Å². The van der Waals surface area contributed by atoms with E-state index in [2.05, 4.69) is 0 Å². The van der Waals surface area contributed by atoms with Gasteiger partial charge in [-0.15, -0.1) is 24.8 Å². The quantitative estimate of drug-likeness (QED) is 0.716. The van der Waals surface area contributed by atoms with Crippen LogP contribution in [-0.4, -0.2) is 0 Å². The predicted molar refractivity (Wildman–Crippen MR) is 72.3 cm³/mol. The highest BCUT2D eigenvalue weighted by atomic mass is 35.5. The molecule has 82 valence electrons. The van der Waals surface area contributed by atoms with Gasteiger partial charge in [0.2, 0.25) is 0 Å². The van der Waals surface area contributed by atoms with Gasteiger partial charge in [-0.2, -0.15) is 0 Å². The number of nitrogen functional groups attached to an aromatic ring is 2. The van der Waals surface area contributed by atoms with Gasteiger partial charge in [0, 0.05) is 22.1 Å². The Morgan fingerprint density at radius 3 is 2.07 bits per heavy atom. The maximum atomic E-state index is 6.00. The van der Waals surface area contributed by atoms with Gasteiger partial charge in [-0.05, 0) is 18.2 Å². The minimum atomic E-state index is 0. The lowest BCUT2D eigenvalue weighted by atomic mass is 10.1. The SMILES string of the molecule is Cl.Cl.Nc1ccc(N)c2c(Cl)cccc12. The van der Waals surface area contributed by atoms with Crippen molar-refractivity contribution in [3.63, 3.8) is 0 Å². The monoisotopic (exact) mass is 264 g/mol. The molecule has 2 rings (SSSR count). The van der Waals surface area contributed by atoms with Crippen molar-refractivity contribution in [2.45, 2.75) is 0 Å². The van der Waals surface area contributed by atoms with E-state index in [1.165, 1.54) is 0 Å². The van der Waals surface area contributed by atoms with E-state index in [-0.39, 0.29) is 24.8 Å². The highest BCUT2D eigenvalue weighted by Gasteiger charge is 2.04. The van der Waals surface area contributed by atoms with Gasteiger partial charge >= 0.3 is 0 Å². The number of hydrogen-bond acceptors (Lipinski definition) is 2. The third-order valence-corrected chi connectivity index (χ3v) is 2.37. The number of anilines is 2. The number of fused-ring (bicyclic) bond motifs is 1. The third kappa shape index (κ3) is 2.40. The standard InChI is InChI=1S/C10H9ClN2.2ClH/c11-7-3-1-2-6-8(12)4-5-9(13)10(6)7;;/h1-5H,12-13H2;2*1H. The maximum Gasteiger partial charge on any atom is 0.0505 e. The van der Waals surface area contributed by atoms with E-state index in [1.54, 1.807) is 18.2 Å². The fraction of sp³-hybridized carbons (Fsp3) is 0. The molecule has 0 fully saturated rings. The summed E-state index contributed by atoms with van der Waals surface area (Å²) in [7, 11) is 0. The van der Waals surface area contributed by atoms with Gasteiger partial charge < -0.3 is 11.5 Å². The van der Waals surface area contributed by atoms with Gasteiger partial charge in [0.1, 0.15) is 0 Å². The van der Waals surface area contributed by atoms with Crippen molar-refractivity contribution in [1.82, 2.24) is 0 Å². The van der Waals surface area contributed by atoms with Crippen molar-refractivity contribution >= 4 is 58.6 Å². The van der Waals surface area contributed by atoms with E-state index in [1.807, 2.05) is 12.1 Å². The average molecular weight is 266 g/mol. The number of halogens is 3. The summed E-state index contributed by atoms with van der Waals surface area (Å²) in [4.78, 5) is 0. The van der Waals surface area contributed by atoms with Crippen LogP contribution < -0.4 is 11.5 Å². The number of rotatable bonds is 0. The molecule has 0 saturated carbocycles. The Morgan fingerprint density at radius 1 is 0.867 bits per heavy atom. The molecule has 2 nitrogen and oxygen atoms in total. The van der Waals surface area contributed by atoms with E-state index in [0.717, 1.165) is 10.8 Å². The van der Waals surface area contributed by atoms with Crippen LogP contribution in [0.4, 0.5) is 11.4 Å². The second-order valence-corrected chi connectivity index (χ2v) is 3.31. The summed E-state index contributed by atoms with van der Waals surface area (Å²) >= 11 is 6.00. The number of hydrogen-bond donors (Lipinski definition) is 2. The van der Waals surface area contributed by atoms with Crippen molar-refractivity contribution < 1.29 is 0 Å². The first-order chi connectivity index (χ1) is 6.20. The summed E-state index contributed by atoms with van der Waals surface area (Å²) in [6, 6.07) is 9.13. The Hall–Kier alpha value is -0.830. The van der Waals surface area contributed by atoms with Crippen LogP contribution >= 0.6 is 36.4 Å². The minimum absolute atomic E-state index is 0. The van der Waals surface area contributed by atoms with Crippen LogP contribution in [0.25, 0.3) is 10.8 Å². The lowest BCUT2D eigenvalue weighted by molar-refractivity contribution is 1.71. The molecule has 0 heterocycles. The Bertz CT molecular complexity index is 463. The zero-order chi connectivity index (χ0) is 9.42. The molecule has 2 aromatic carbocycles. The Labute approximate surface area is 105 Å². The molecule has 0 saturated heterocycles. The van der Waals surface area contributed by atoms with Crippen LogP contribution in [0.5, 0.6) is 0 Å². The topological polar surface area (TPSA) is 52.0 Å². The van der Waals surface area contributed by atoms with Crippen LogP contribution in [0.1, 0.15) is 0 Å². The Morgan fingerprint density at radius 2 is 1.47 bits per heavy atom. The zero-order valence-electron chi connectivity index (χ0n) is 7.74. The summed E-state index contributed by atoms with van der Waals surface area (Å²) < 4.78 is 0. The molecule has 0 radical (unpaired) electrons. The molecule has 0 atom stereocenters. The molecule has 0 aliphatic heterocycles. The molecule has 0 aliphatic rings. The fourth-order valence-electron chi connectivity index (χ4n) is 1.41. The molecule has 0 aliphatic carbocycles. The summed E-state index contributed by atoms with van der Waals surface area (Å²) in [5.41, 5.74) is 12.9. The van der Waals surface area contributed by atoms with Crippen LogP contribution in [0, 0.1) is 0 Å². The molecular formula is C10H11Cl3N2. The number of nitrogens with two attached hydrogens (primary N) is 2. The molecule has 4 N–H and O–H groups in total. The summed E-state index contributed by atoms with van der Waals surface area (Å²) in [6.07, 6.45) is 0. The lowest BCUT2D eigenvalue weighted by Gasteiger charge is -2.06. The lowest BCUT2D eigenvalue weighted by Crippen LogP contribution is -1.92. The molecule has 0 unspecified atom stereocenters. The van der Waals surface area contributed by atoms with E-state index in [9.17, 15) is 0 Å². The van der Waals surface area contributed by atoms with Crippen LogP contribution in [0.3, 0.4) is 0 Å². The second kappa shape index (κ2) is 5.31. The van der Waals surface area contributed by atoms with E-state index < -0.39 is 0 Å². The molecule has 15 heavy (non-hydrogen) atoms. The Kier molecular flexibility index (Phi) is 5.01. The van der Waals surface area contributed by atoms with Crippen LogP contribution in [0.15, 0.2) is 30.3 Å². The predicted octanol–water partition coefficient (Wildman–Crippen LogP) is 3.50. The summed E-state index contributed by atoms with van der Waals surface area (Å²) in [6.45, 7) is 0. The molecule has 0 aromatic heterocycles. The van der Waals surface area contributed by atoms with Gasteiger partial charge in [0.15, 0.2) is 0 Å². The molecule has 5 heteroatoms. The van der Waals surface area contributed by atoms with Crippen LogP contribution in [0.2, 0.25) is 5.02 Å². The Balaban J connectivity index is 0.000000980. The smallest absolute Gasteiger partial charge is 0.0505 e. The van der Waals surface area contributed by atoms with E-state index >= 15 is 0 Å². The van der Waals surface area contributed by atoms with Crippen molar-refractivity contribution in [2.24, 2.45) is 0 Å². The second-order valence-electron chi connectivity index (χ2n) is 2.91. The first-order valence-corrected chi connectivity index (χ1v) is 4.30. The molecule has 0 amide bonds. The van der Waals surface area contributed by atoms with Crippen molar-refractivity contribution in [3.8, 4) is 0 Å². The highest BCUT2D eigenvalue weighted by Crippen LogP contribution is 2.31. The van der Waals surface area contributed by atoms with Crippen molar-refractivity contribution in [3.05, 3.63) is 35.4 Å². The van der Waals surface area contributed by atoms with Crippen LogP contribution in [-0.2, 0) is 0 Å². The third-order valence-electron chi connectivity index (χ3n) is 2.06. The van der Waals surface area contributed by atoms with Gasteiger partial charge in [-0.25, -0.2) is 0 Å². The molecular weight excluding hydrogens is 254 g/mol. The first-order valence-electron chi connectivity index (χ1n) is 3.92. The largest absolute Gasteiger partial charge is 0.398 e. The van der Waals surface area contributed by atoms with Gasteiger partial charge in [-0.3, -0.25) is 0 Å². The summed E-state index contributed by atoms with van der Waals surface area (Å²) in [5, 5.41) is 2.39. The first kappa shape index (κ1) is 14.2. The van der Waals surface area contributed by atoms with Crippen molar-refractivity contribution in [1.29, 1.82) is 0 Å². The van der Waals surface area contributed by atoms with E-state index in [0.29, 0.717) is 16.4 Å². The number of benzene rings is 2.